The maximum absolute atomic E-state index is 12.0. The molecule has 1 aromatic rings. The number of amides is 2. The van der Waals surface area contributed by atoms with Crippen LogP contribution in [-0.2, 0) is 14.6 Å². The van der Waals surface area contributed by atoms with Gasteiger partial charge in [0.05, 0.1) is 17.4 Å². The summed E-state index contributed by atoms with van der Waals surface area (Å²) >= 11 is 0. The van der Waals surface area contributed by atoms with Crippen LogP contribution < -0.4 is 5.32 Å². The molecule has 1 aliphatic rings. The zero-order chi connectivity index (χ0) is 15.6. The number of nitrogens with zero attached hydrogens (tertiary/aromatic N) is 1. The summed E-state index contributed by atoms with van der Waals surface area (Å²) in [6.45, 7) is 0. The number of anilines is 1. The molecule has 2 amide bonds. The van der Waals surface area contributed by atoms with Crippen LogP contribution in [0.25, 0.3) is 0 Å². The van der Waals surface area contributed by atoms with Crippen LogP contribution in [0.3, 0.4) is 0 Å². The molecule has 6 nitrogen and oxygen atoms in total. The van der Waals surface area contributed by atoms with E-state index in [2.05, 4.69) is 5.32 Å². The Labute approximate surface area is 124 Å². The van der Waals surface area contributed by atoms with Gasteiger partial charge in [-0.1, -0.05) is 0 Å². The molecule has 0 spiro atoms. The van der Waals surface area contributed by atoms with Crippen LogP contribution in [0.5, 0.6) is 0 Å². The van der Waals surface area contributed by atoms with Crippen molar-refractivity contribution in [1.29, 1.82) is 0 Å². The van der Waals surface area contributed by atoms with Crippen molar-refractivity contribution in [1.82, 2.24) is 4.90 Å². The number of rotatable bonds is 3. The highest BCUT2D eigenvalue weighted by atomic mass is 32.2. The maximum Gasteiger partial charge on any atom is 0.253 e. The lowest BCUT2D eigenvalue weighted by Crippen LogP contribution is -2.24. The number of nitrogens with one attached hydrogen (secondary N) is 1. The van der Waals surface area contributed by atoms with E-state index in [9.17, 15) is 18.0 Å². The molecule has 114 valence electrons. The van der Waals surface area contributed by atoms with Crippen LogP contribution in [0, 0.1) is 5.92 Å². The Morgan fingerprint density at radius 2 is 1.81 bits per heavy atom. The van der Waals surface area contributed by atoms with E-state index < -0.39 is 15.8 Å². The number of benzene rings is 1. The second-order valence-electron chi connectivity index (χ2n) is 5.37. The highest BCUT2D eigenvalue weighted by Crippen LogP contribution is 2.20. The van der Waals surface area contributed by atoms with Crippen LogP contribution in [0.4, 0.5) is 5.69 Å². The average Bonchev–Trinajstić information content (AvgIpc) is 2.79. The lowest BCUT2D eigenvalue weighted by atomic mass is 10.1. The average molecular weight is 310 g/mol. The predicted molar refractivity (Wildman–Crippen MR) is 79.9 cm³/mol. The Morgan fingerprint density at radius 3 is 2.29 bits per heavy atom. The molecule has 2 rings (SSSR count). The quantitative estimate of drug-likeness (QED) is 0.893. The molecular formula is C14H18N2O4S. The van der Waals surface area contributed by atoms with Crippen LogP contribution in [0.15, 0.2) is 24.3 Å². The standard InChI is InChI=1S/C14H18N2O4S/c1-16(2)14(18)10-3-5-12(6-4-10)15-13(17)11-7-8-21(19,20)9-11/h3-6,11H,7-9H2,1-2H3,(H,15,17). The second kappa shape index (κ2) is 5.85. The minimum Gasteiger partial charge on any atom is -0.345 e. The lowest BCUT2D eigenvalue weighted by molar-refractivity contribution is -0.119. The Morgan fingerprint density at radius 1 is 1.19 bits per heavy atom. The van der Waals surface area contributed by atoms with E-state index in [1.165, 1.54) is 4.90 Å². The minimum atomic E-state index is -3.07. The Bertz CT molecular complexity index is 650. The van der Waals surface area contributed by atoms with Gasteiger partial charge in [0.15, 0.2) is 9.84 Å². The molecule has 21 heavy (non-hydrogen) atoms. The Kier molecular flexibility index (Phi) is 4.32. The van der Waals surface area contributed by atoms with Crippen molar-refractivity contribution >= 4 is 27.3 Å². The fourth-order valence-electron chi connectivity index (χ4n) is 2.20. The minimum absolute atomic E-state index is 0.0708. The van der Waals surface area contributed by atoms with Crippen molar-refractivity contribution in [2.45, 2.75) is 6.42 Å². The van der Waals surface area contributed by atoms with Gasteiger partial charge in [-0.3, -0.25) is 9.59 Å². The van der Waals surface area contributed by atoms with Crippen LogP contribution in [0.1, 0.15) is 16.8 Å². The summed E-state index contributed by atoms with van der Waals surface area (Å²) in [5.74, 6) is -0.909. The van der Waals surface area contributed by atoms with Gasteiger partial charge < -0.3 is 10.2 Å². The molecule has 1 aromatic carbocycles. The number of sulfone groups is 1. The first kappa shape index (κ1) is 15.5. The summed E-state index contributed by atoms with van der Waals surface area (Å²) in [5.41, 5.74) is 1.08. The molecule has 1 aliphatic heterocycles. The molecule has 0 aliphatic carbocycles. The molecule has 0 aromatic heterocycles. The molecule has 0 bridgehead atoms. The normalized spacial score (nSPS) is 20.0. The number of carbonyl (C=O) groups excluding carboxylic acids is 2. The number of hydrogen-bond acceptors (Lipinski definition) is 4. The van der Waals surface area contributed by atoms with Gasteiger partial charge in [-0.25, -0.2) is 8.42 Å². The molecule has 0 saturated carbocycles. The van der Waals surface area contributed by atoms with E-state index in [4.69, 9.17) is 0 Å². The lowest BCUT2D eigenvalue weighted by Gasteiger charge is -2.12. The third-order valence-electron chi connectivity index (χ3n) is 3.41. The highest BCUT2D eigenvalue weighted by Gasteiger charge is 2.32. The van der Waals surface area contributed by atoms with Gasteiger partial charge in [0, 0.05) is 25.3 Å². The smallest absolute Gasteiger partial charge is 0.253 e. The summed E-state index contributed by atoms with van der Waals surface area (Å²) in [4.78, 5) is 25.2. The fourth-order valence-corrected chi connectivity index (χ4v) is 3.94. The zero-order valence-corrected chi connectivity index (χ0v) is 12.8. The van der Waals surface area contributed by atoms with Crippen molar-refractivity contribution in [3.63, 3.8) is 0 Å². The Hall–Kier alpha value is -1.89. The van der Waals surface area contributed by atoms with Gasteiger partial charge >= 0.3 is 0 Å². The first-order chi connectivity index (χ1) is 9.78. The maximum atomic E-state index is 12.0. The largest absolute Gasteiger partial charge is 0.345 e. The van der Waals surface area contributed by atoms with Crippen LogP contribution in [0.2, 0.25) is 0 Å². The van der Waals surface area contributed by atoms with Gasteiger partial charge in [-0.15, -0.1) is 0 Å². The van der Waals surface area contributed by atoms with Gasteiger partial charge in [0.25, 0.3) is 5.91 Å². The molecule has 1 saturated heterocycles. The summed E-state index contributed by atoms with van der Waals surface area (Å²) in [6.07, 6.45) is 0.366. The fraction of sp³-hybridized carbons (Fsp3) is 0.429. The van der Waals surface area contributed by atoms with Crippen LogP contribution >= 0.6 is 0 Å². The first-order valence-electron chi connectivity index (χ1n) is 6.61. The van der Waals surface area contributed by atoms with Crippen molar-refractivity contribution in [2.24, 2.45) is 5.92 Å². The molecular weight excluding hydrogens is 292 g/mol. The summed E-state index contributed by atoms with van der Waals surface area (Å²) in [5, 5.41) is 2.69. The van der Waals surface area contributed by atoms with Crippen molar-refractivity contribution in [3.05, 3.63) is 29.8 Å². The van der Waals surface area contributed by atoms with E-state index in [-0.39, 0.29) is 23.3 Å². The third-order valence-corrected chi connectivity index (χ3v) is 5.18. The van der Waals surface area contributed by atoms with Gasteiger partial charge in [-0.05, 0) is 30.7 Å². The molecule has 1 heterocycles. The third kappa shape index (κ3) is 3.81. The number of carbonyl (C=O) groups is 2. The second-order valence-corrected chi connectivity index (χ2v) is 7.59. The molecule has 0 radical (unpaired) electrons. The van der Waals surface area contributed by atoms with Crippen molar-refractivity contribution in [3.8, 4) is 0 Å². The van der Waals surface area contributed by atoms with E-state index in [0.717, 1.165) is 0 Å². The van der Waals surface area contributed by atoms with Gasteiger partial charge in [0.1, 0.15) is 0 Å². The predicted octanol–water partition coefficient (Wildman–Crippen LogP) is 0.762. The van der Waals surface area contributed by atoms with Crippen LogP contribution in [-0.4, -0.2) is 50.7 Å². The SMILES string of the molecule is CN(C)C(=O)c1ccc(NC(=O)C2CCS(=O)(=O)C2)cc1. The molecule has 7 heteroatoms. The van der Waals surface area contributed by atoms with Gasteiger partial charge in [-0.2, -0.15) is 0 Å². The molecule has 1 atom stereocenters. The summed E-state index contributed by atoms with van der Waals surface area (Å²) in [7, 11) is 0.259. The highest BCUT2D eigenvalue weighted by molar-refractivity contribution is 7.91. The topological polar surface area (TPSA) is 83.6 Å². The summed E-state index contributed by atoms with van der Waals surface area (Å²) in [6, 6.07) is 6.53. The summed E-state index contributed by atoms with van der Waals surface area (Å²) < 4.78 is 22.7. The monoisotopic (exact) mass is 310 g/mol. The van der Waals surface area contributed by atoms with E-state index >= 15 is 0 Å². The van der Waals surface area contributed by atoms with E-state index in [1.54, 1.807) is 38.4 Å². The van der Waals surface area contributed by atoms with Crippen molar-refractivity contribution in [2.75, 3.05) is 30.9 Å². The zero-order valence-electron chi connectivity index (χ0n) is 12.0. The van der Waals surface area contributed by atoms with Gasteiger partial charge in [0.2, 0.25) is 5.91 Å². The molecule has 1 N–H and O–H groups in total. The van der Waals surface area contributed by atoms with E-state index in [0.29, 0.717) is 17.7 Å². The Balaban J connectivity index is 2.01. The molecule has 1 fully saturated rings. The number of hydrogen-bond donors (Lipinski definition) is 1. The van der Waals surface area contributed by atoms with E-state index in [1.807, 2.05) is 0 Å². The first-order valence-corrected chi connectivity index (χ1v) is 8.43. The van der Waals surface area contributed by atoms with Crippen molar-refractivity contribution < 1.29 is 18.0 Å². The molecule has 1 unspecified atom stereocenters.